The predicted molar refractivity (Wildman–Crippen MR) is 200 cm³/mol. The Bertz CT molecular complexity index is 2140. The van der Waals surface area contributed by atoms with E-state index in [1.54, 1.807) is 81.0 Å². The van der Waals surface area contributed by atoms with Crippen LogP contribution in [0.15, 0.2) is 138 Å². The maximum absolute atomic E-state index is 13.7. The van der Waals surface area contributed by atoms with Gasteiger partial charge in [-0.2, -0.15) is 0 Å². The quantitative estimate of drug-likeness (QED) is 0.0870. The number of aromatic nitrogens is 1. The van der Waals surface area contributed by atoms with Gasteiger partial charge in [0.15, 0.2) is 5.13 Å². The fraction of sp³-hybridized carbons (Fsp3) is 0.0769. The number of carbonyl (C=O) groups excluding carboxylic acids is 3. The number of nitrogens with one attached hydrogen (secondary N) is 3. The zero-order chi connectivity index (χ0) is 34.9. The Hall–Kier alpha value is -5.91. The summed E-state index contributed by atoms with van der Waals surface area (Å²) < 4.78 is 11.5. The van der Waals surface area contributed by atoms with E-state index in [9.17, 15) is 14.4 Å². The van der Waals surface area contributed by atoms with Crippen LogP contribution in [0.3, 0.4) is 0 Å². The van der Waals surface area contributed by atoms with Gasteiger partial charge in [-0.25, -0.2) is 4.98 Å². The highest BCUT2D eigenvalue weighted by Crippen LogP contribution is 2.38. The summed E-state index contributed by atoms with van der Waals surface area (Å²) >= 11 is 2.76. The van der Waals surface area contributed by atoms with Gasteiger partial charge in [0.2, 0.25) is 5.91 Å². The van der Waals surface area contributed by atoms with Gasteiger partial charge in [-0.1, -0.05) is 72.0 Å². The third-order valence-corrected chi connectivity index (χ3v) is 9.69. The zero-order valence-corrected chi connectivity index (χ0v) is 28.7. The Morgan fingerprint density at radius 3 is 2.10 bits per heavy atom. The van der Waals surface area contributed by atoms with Crippen LogP contribution in [0.4, 0.5) is 10.8 Å². The lowest BCUT2D eigenvalue weighted by Crippen LogP contribution is -2.30. The van der Waals surface area contributed by atoms with Crippen LogP contribution in [0.2, 0.25) is 0 Å². The Balaban J connectivity index is 1.18. The molecule has 1 heterocycles. The second-order valence-electron chi connectivity index (χ2n) is 10.9. The number of benzene rings is 5. The third kappa shape index (κ3) is 8.56. The molecule has 5 aromatic carbocycles. The first-order chi connectivity index (χ1) is 24.4. The van der Waals surface area contributed by atoms with Crippen molar-refractivity contribution in [1.29, 1.82) is 0 Å². The summed E-state index contributed by atoms with van der Waals surface area (Å²) in [6.45, 7) is 0. The maximum Gasteiger partial charge on any atom is 0.272 e. The van der Waals surface area contributed by atoms with Gasteiger partial charge in [0.1, 0.15) is 22.4 Å². The largest absolute Gasteiger partial charge is 0.497 e. The molecule has 0 aliphatic heterocycles. The van der Waals surface area contributed by atoms with E-state index in [-0.39, 0.29) is 11.6 Å². The molecule has 6 rings (SSSR count). The monoisotopic (exact) mass is 700 g/mol. The van der Waals surface area contributed by atoms with Crippen molar-refractivity contribution in [3.05, 3.63) is 150 Å². The number of anilines is 2. The van der Waals surface area contributed by atoms with Crippen LogP contribution >= 0.6 is 23.1 Å². The number of carbonyl (C=O) groups is 3. The average Bonchev–Trinajstić information content (AvgIpc) is 3.56. The second-order valence-corrected chi connectivity index (χ2v) is 13.1. The van der Waals surface area contributed by atoms with E-state index in [1.807, 2.05) is 66.7 Å². The first-order valence-electron chi connectivity index (χ1n) is 15.5. The summed E-state index contributed by atoms with van der Waals surface area (Å²) in [5.74, 6) is 0.262. The first kappa shape index (κ1) is 34.0. The van der Waals surface area contributed by atoms with Gasteiger partial charge < -0.3 is 25.4 Å². The lowest BCUT2D eigenvalue weighted by Gasteiger charge is -2.16. The number of amides is 3. The molecule has 1 atom stereocenters. The highest BCUT2D eigenvalue weighted by molar-refractivity contribution is 8.00. The molecule has 1 aromatic heterocycles. The molecule has 0 aliphatic carbocycles. The molecule has 0 saturated heterocycles. The Labute approximate surface area is 297 Å². The normalized spacial score (nSPS) is 11.8. The van der Waals surface area contributed by atoms with Crippen LogP contribution in [0.25, 0.3) is 16.3 Å². The van der Waals surface area contributed by atoms with Gasteiger partial charge >= 0.3 is 0 Å². The Kier molecular flexibility index (Phi) is 10.9. The minimum atomic E-state index is -0.578. The molecule has 1 unspecified atom stereocenters. The minimum Gasteiger partial charge on any atom is -0.497 e. The molecular weight excluding hydrogens is 669 g/mol. The molecule has 9 nitrogen and oxygen atoms in total. The lowest BCUT2D eigenvalue weighted by atomic mass is 10.1. The van der Waals surface area contributed by atoms with Gasteiger partial charge in [-0.15, -0.1) is 11.8 Å². The number of thiazole rings is 1. The van der Waals surface area contributed by atoms with Crippen molar-refractivity contribution >= 4 is 67.9 Å². The van der Waals surface area contributed by atoms with Crippen LogP contribution in [0.5, 0.6) is 11.5 Å². The standard InChI is InChI=1S/C39H32N4O5S2/c1-47-29-17-13-25(14-18-29)23-33(41-36(44)27-11-7-4-8-12-27)37(45)40-28-15-20-31(21-16-28)49-35(26-9-5-3-6-10-26)38(46)43-39-42-32-22-19-30(48-2)24-34(32)50-39/h3-24,35H,1-2H3,(H,40,45)(H,41,44)(H,42,43,46)/b33-23-. The van der Waals surface area contributed by atoms with Gasteiger partial charge in [0, 0.05) is 16.1 Å². The lowest BCUT2D eigenvalue weighted by molar-refractivity contribution is -0.116. The van der Waals surface area contributed by atoms with E-state index >= 15 is 0 Å². The average molecular weight is 701 g/mol. The smallest absolute Gasteiger partial charge is 0.272 e. The van der Waals surface area contributed by atoms with Gasteiger partial charge in [0.05, 0.1) is 24.4 Å². The van der Waals surface area contributed by atoms with Crippen molar-refractivity contribution in [3.63, 3.8) is 0 Å². The topological polar surface area (TPSA) is 119 Å². The van der Waals surface area contributed by atoms with Crippen LogP contribution in [0.1, 0.15) is 26.7 Å². The number of rotatable bonds is 12. The summed E-state index contributed by atoms with van der Waals surface area (Å²) in [6.07, 6.45) is 1.60. The Morgan fingerprint density at radius 2 is 1.42 bits per heavy atom. The van der Waals surface area contributed by atoms with Gasteiger partial charge in [0.25, 0.3) is 11.8 Å². The number of fused-ring (bicyclic) bond motifs is 1. The first-order valence-corrected chi connectivity index (χ1v) is 17.2. The predicted octanol–water partition coefficient (Wildman–Crippen LogP) is 8.20. The van der Waals surface area contributed by atoms with Crippen molar-refractivity contribution < 1.29 is 23.9 Å². The van der Waals surface area contributed by atoms with Crippen LogP contribution in [-0.2, 0) is 9.59 Å². The number of hydrogen-bond acceptors (Lipinski definition) is 8. The van der Waals surface area contributed by atoms with Crippen LogP contribution in [-0.4, -0.2) is 36.9 Å². The fourth-order valence-corrected chi connectivity index (χ4v) is 6.84. The van der Waals surface area contributed by atoms with Crippen molar-refractivity contribution in [1.82, 2.24) is 10.3 Å². The number of thioether (sulfide) groups is 1. The molecule has 0 bridgehead atoms. The van der Waals surface area contributed by atoms with Gasteiger partial charge in [-0.3, -0.25) is 14.4 Å². The minimum absolute atomic E-state index is 0.0663. The molecule has 3 N–H and O–H groups in total. The molecule has 6 aromatic rings. The molecule has 0 saturated carbocycles. The van der Waals surface area contributed by atoms with Gasteiger partial charge in [-0.05, 0) is 83.9 Å². The van der Waals surface area contributed by atoms with Crippen molar-refractivity contribution in [2.75, 3.05) is 24.9 Å². The molecule has 50 heavy (non-hydrogen) atoms. The fourth-order valence-electron chi connectivity index (χ4n) is 4.92. The number of nitrogens with zero attached hydrogens (tertiary/aromatic N) is 1. The van der Waals surface area contributed by atoms with Crippen molar-refractivity contribution in [2.24, 2.45) is 0 Å². The summed E-state index contributed by atoms with van der Waals surface area (Å²) in [4.78, 5) is 45.6. The number of methoxy groups -OCH3 is 2. The number of ether oxygens (including phenoxy) is 2. The molecular formula is C39H32N4O5S2. The van der Waals surface area contributed by atoms with E-state index in [2.05, 4.69) is 20.9 Å². The van der Waals surface area contributed by atoms with E-state index in [1.165, 1.54) is 23.1 Å². The maximum atomic E-state index is 13.7. The molecule has 0 aliphatic rings. The highest BCUT2D eigenvalue weighted by Gasteiger charge is 2.24. The summed E-state index contributed by atoms with van der Waals surface area (Å²) in [5.41, 5.74) is 3.30. The number of hydrogen-bond donors (Lipinski definition) is 3. The Morgan fingerprint density at radius 1 is 0.760 bits per heavy atom. The van der Waals surface area contributed by atoms with E-state index in [4.69, 9.17) is 9.47 Å². The second kappa shape index (κ2) is 16.0. The molecule has 250 valence electrons. The molecule has 0 spiro atoms. The molecule has 11 heteroatoms. The summed E-state index contributed by atoms with van der Waals surface area (Å²) in [5, 5.41) is 8.54. The van der Waals surface area contributed by atoms with E-state index < -0.39 is 17.1 Å². The molecule has 3 amide bonds. The van der Waals surface area contributed by atoms with Crippen molar-refractivity contribution in [2.45, 2.75) is 10.1 Å². The van der Waals surface area contributed by atoms with Crippen molar-refractivity contribution in [3.8, 4) is 11.5 Å². The van der Waals surface area contributed by atoms with Crippen LogP contribution < -0.4 is 25.4 Å². The van der Waals surface area contributed by atoms with E-state index in [0.29, 0.717) is 27.7 Å². The highest BCUT2D eigenvalue weighted by atomic mass is 32.2. The zero-order valence-electron chi connectivity index (χ0n) is 27.1. The third-order valence-electron chi connectivity index (χ3n) is 7.49. The summed E-state index contributed by atoms with van der Waals surface area (Å²) in [6, 6.07) is 38.1. The molecule has 0 radical (unpaired) electrons. The van der Waals surface area contributed by atoms with Crippen LogP contribution in [0, 0.1) is 0 Å². The molecule has 0 fully saturated rings. The summed E-state index contributed by atoms with van der Waals surface area (Å²) in [7, 11) is 3.18. The SMILES string of the molecule is COc1ccc(/C=C(\NC(=O)c2ccccc2)C(=O)Nc2ccc(SC(C(=O)Nc3nc4ccc(OC)cc4s3)c3ccccc3)cc2)cc1. The van der Waals surface area contributed by atoms with E-state index in [0.717, 1.165) is 26.4 Å².